The van der Waals surface area contributed by atoms with Gasteiger partial charge in [-0.2, -0.15) is 0 Å². The predicted octanol–water partition coefficient (Wildman–Crippen LogP) is 0.160. The van der Waals surface area contributed by atoms with Gasteiger partial charge >= 0.3 is 5.97 Å². The summed E-state index contributed by atoms with van der Waals surface area (Å²) >= 11 is 0. The molecule has 1 aliphatic rings. The third kappa shape index (κ3) is 2.68. The normalized spacial score (nSPS) is 20.3. The first-order valence-corrected chi connectivity index (χ1v) is 5.86. The molecule has 0 aliphatic carbocycles. The van der Waals surface area contributed by atoms with Crippen LogP contribution in [0.15, 0.2) is 30.3 Å². The zero-order chi connectivity index (χ0) is 13.0. The number of hydrogen-bond donors (Lipinski definition) is 1. The van der Waals surface area contributed by atoms with Crippen LogP contribution < -0.4 is 5.32 Å². The Morgan fingerprint density at radius 3 is 2.83 bits per heavy atom. The molecule has 0 radical (unpaired) electrons. The van der Waals surface area contributed by atoms with E-state index in [1.165, 1.54) is 7.11 Å². The molecule has 96 valence electrons. The Hall–Kier alpha value is -1.88. The first-order valence-electron chi connectivity index (χ1n) is 5.86. The second-order valence-electron chi connectivity index (χ2n) is 4.17. The van der Waals surface area contributed by atoms with Crippen LogP contribution in [0.3, 0.4) is 0 Å². The Labute approximate surface area is 106 Å². The third-order valence-electron chi connectivity index (χ3n) is 2.96. The van der Waals surface area contributed by atoms with Crippen LogP contribution >= 0.6 is 0 Å². The van der Waals surface area contributed by atoms with Gasteiger partial charge in [0.25, 0.3) is 0 Å². The van der Waals surface area contributed by atoms with Crippen LogP contribution in [0.5, 0.6) is 0 Å². The molecule has 1 amide bonds. The molecule has 1 aromatic carbocycles. The Morgan fingerprint density at radius 1 is 1.44 bits per heavy atom. The van der Waals surface area contributed by atoms with Gasteiger partial charge in [-0.05, 0) is 5.56 Å². The van der Waals surface area contributed by atoms with Crippen molar-refractivity contribution in [3.63, 3.8) is 0 Å². The second-order valence-corrected chi connectivity index (χ2v) is 4.17. The van der Waals surface area contributed by atoms with Crippen LogP contribution in [0.25, 0.3) is 0 Å². The molecule has 1 atom stereocenters. The number of carbonyl (C=O) groups is 2. The number of nitrogens with zero attached hydrogens (tertiary/aromatic N) is 1. The SMILES string of the molecule is COC(=O)C1C(=O)NCCN1Cc1ccccc1. The fourth-order valence-electron chi connectivity index (χ4n) is 2.07. The molecule has 18 heavy (non-hydrogen) atoms. The molecule has 1 aliphatic heterocycles. The van der Waals surface area contributed by atoms with Crippen LogP contribution in [-0.4, -0.2) is 43.0 Å². The van der Waals surface area contributed by atoms with Crippen molar-refractivity contribution in [1.29, 1.82) is 0 Å². The van der Waals surface area contributed by atoms with E-state index < -0.39 is 12.0 Å². The van der Waals surface area contributed by atoms with Crippen molar-refractivity contribution in [2.75, 3.05) is 20.2 Å². The summed E-state index contributed by atoms with van der Waals surface area (Å²) in [5.74, 6) is -0.799. The molecule has 0 spiro atoms. The van der Waals surface area contributed by atoms with Crippen molar-refractivity contribution in [2.24, 2.45) is 0 Å². The summed E-state index contributed by atoms with van der Waals surface area (Å²) in [6.07, 6.45) is 0. The maximum atomic E-state index is 11.7. The fourth-order valence-corrected chi connectivity index (χ4v) is 2.07. The number of rotatable bonds is 3. The number of methoxy groups -OCH3 is 1. The van der Waals surface area contributed by atoms with E-state index in [0.29, 0.717) is 19.6 Å². The zero-order valence-corrected chi connectivity index (χ0v) is 10.3. The van der Waals surface area contributed by atoms with E-state index in [4.69, 9.17) is 0 Å². The highest BCUT2D eigenvalue weighted by atomic mass is 16.5. The smallest absolute Gasteiger partial charge is 0.332 e. The summed E-state index contributed by atoms with van der Waals surface area (Å²) in [6.45, 7) is 1.76. The van der Waals surface area contributed by atoms with Gasteiger partial charge in [-0.15, -0.1) is 0 Å². The standard InChI is InChI=1S/C13H16N2O3/c1-18-13(17)11-12(16)14-7-8-15(11)9-10-5-3-2-4-6-10/h2-6,11H,7-9H2,1H3,(H,14,16). The van der Waals surface area contributed by atoms with Crippen molar-refractivity contribution < 1.29 is 14.3 Å². The highest BCUT2D eigenvalue weighted by molar-refractivity contribution is 6.02. The van der Waals surface area contributed by atoms with Crippen molar-refractivity contribution in [1.82, 2.24) is 10.2 Å². The number of benzene rings is 1. The van der Waals surface area contributed by atoms with E-state index in [2.05, 4.69) is 10.1 Å². The summed E-state index contributed by atoms with van der Waals surface area (Å²) in [5, 5.41) is 2.68. The molecular formula is C13H16N2O3. The zero-order valence-electron chi connectivity index (χ0n) is 10.3. The summed E-state index contributed by atoms with van der Waals surface area (Å²) in [5.41, 5.74) is 1.07. The largest absolute Gasteiger partial charge is 0.467 e. The molecule has 1 saturated heterocycles. The summed E-state index contributed by atoms with van der Waals surface area (Å²) in [6, 6.07) is 8.91. The number of nitrogens with one attached hydrogen (secondary N) is 1. The van der Waals surface area contributed by atoms with Gasteiger partial charge in [-0.25, -0.2) is 4.79 Å². The van der Waals surface area contributed by atoms with Gasteiger partial charge in [0.05, 0.1) is 7.11 Å². The van der Waals surface area contributed by atoms with Crippen molar-refractivity contribution in [2.45, 2.75) is 12.6 Å². The van der Waals surface area contributed by atoms with Gasteiger partial charge in [-0.3, -0.25) is 9.69 Å². The van der Waals surface area contributed by atoms with Crippen LogP contribution in [0.1, 0.15) is 5.56 Å². The van der Waals surface area contributed by atoms with E-state index in [1.54, 1.807) is 0 Å². The molecular weight excluding hydrogens is 232 g/mol. The molecule has 1 unspecified atom stereocenters. The topological polar surface area (TPSA) is 58.6 Å². The summed E-state index contributed by atoms with van der Waals surface area (Å²) in [7, 11) is 1.30. The lowest BCUT2D eigenvalue weighted by Gasteiger charge is -2.33. The van der Waals surface area contributed by atoms with Crippen LogP contribution in [0.2, 0.25) is 0 Å². The lowest BCUT2D eigenvalue weighted by Crippen LogP contribution is -2.58. The third-order valence-corrected chi connectivity index (χ3v) is 2.96. The summed E-state index contributed by atoms with van der Waals surface area (Å²) < 4.78 is 4.69. The molecule has 1 fully saturated rings. The number of piperazine rings is 1. The minimum absolute atomic E-state index is 0.288. The van der Waals surface area contributed by atoms with E-state index in [9.17, 15) is 9.59 Å². The van der Waals surface area contributed by atoms with Crippen molar-refractivity contribution in [3.8, 4) is 0 Å². The van der Waals surface area contributed by atoms with Crippen LogP contribution in [0, 0.1) is 0 Å². The van der Waals surface area contributed by atoms with Crippen LogP contribution in [-0.2, 0) is 20.9 Å². The Bertz CT molecular complexity index is 425. The molecule has 0 saturated carbocycles. The predicted molar refractivity (Wildman–Crippen MR) is 65.7 cm³/mol. The number of carbonyl (C=O) groups excluding carboxylic acids is 2. The number of hydrogen-bond acceptors (Lipinski definition) is 4. The Balaban J connectivity index is 2.13. The monoisotopic (exact) mass is 248 g/mol. The maximum absolute atomic E-state index is 11.7. The molecule has 1 aromatic rings. The van der Waals surface area contributed by atoms with Gasteiger partial charge in [0.15, 0.2) is 6.04 Å². The fraction of sp³-hybridized carbons (Fsp3) is 0.385. The van der Waals surface area contributed by atoms with Gasteiger partial charge < -0.3 is 10.1 Å². The first kappa shape index (κ1) is 12.6. The average Bonchev–Trinajstić information content (AvgIpc) is 2.39. The van der Waals surface area contributed by atoms with E-state index in [-0.39, 0.29) is 5.91 Å². The molecule has 2 rings (SSSR count). The number of esters is 1. The molecule has 0 aromatic heterocycles. The Morgan fingerprint density at radius 2 is 2.17 bits per heavy atom. The maximum Gasteiger partial charge on any atom is 0.332 e. The minimum atomic E-state index is -0.844. The van der Waals surface area contributed by atoms with Crippen LogP contribution in [0.4, 0.5) is 0 Å². The molecule has 0 bridgehead atoms. The second kappa shape index (κ2) is 5.64. The van der Waals surface area contributed by atoms with E-state index >= 15 is 0 Å². The van der Waals surface area contributed by atoms with Crippen molar-refractivity contribution in [3.05, 3.63) is 35.9 Å². The quantitative estimate of drug-likeness (QED) is 0.611. The minimum Gasteiger partial charge on any atom is -0.467 e. The molecule has 5 nitrogen and oxygen atoms in total. The van der Waals surface area contributed by atoms with Gasteiger partial charge in [0.1, 0.15) is 0 Å². The molecule has 1 N–H and O–H groups in total. The number of amides is 1. The van der Waals surface area contributed by atoms with Gasteiger partial charge in [-0.1, -0.05) is 30.3 Å². The highest BCUT2D eigenvalue weighted by Gasteiger charge is 2.36. The van der Waals surface area contributed by atoms with Gasteiger partial charge in [0, 0.05) is 19.6 Å². The van der Waals surface area contributed by atoms with Crippen molar-refractivity contribution >= 4 is 11.9 Å². The summed E-state index contributed by atoms with van der Waals surface area (Å²) in [4.78, 5) is 25.2. The highest BCUT2D eigenvalue weighted by Crippen LogP contribution is 2.12. The average molecular weight is 248 g/mol. The van der Waals surface area contributed by atoms with E-state index in [0.717, 1.165) is 5.56 Å². The van der Waals surface area contributed by atoms with E-state index in [1.807, 2.05) is 35.2 Å². The van der Waals surface area contributed by atoms with Gasteiger partial charge in [0.2, 0.25) is 5.91 Å². The molecule has 5 heteroatoms. The molecule has 1 heterocycles. The first-order chi connectivity index (χ1) is 8.72. The number of ether oxygens (including phenoxy) is 1. The Kier molecular flexibility index (Phi) is 3.94. The lowest BCUT2D eigenvalue weighted by atomic mass is 10.1. The lowest BCUT2D eigenvalue weighted by molar-refractivity contribution is -0.153.